The van der Waals surface area contributed by atoms with E-state index in [4.69, 9.17) is 17.3 Å². The van der Waals surface area contributed by atoms with Crippen LogP contribution in [0.5, 0.6) is 0 Å². The lowest BCUT2D eigenvalue weighted by Crippen LogP contribution is -2.17. The van der Waals surface area contributed by atoms with Gasteiger partial charge in [-0.1, -0.05) is 45.7 Å². The van der Waals surface area contributed by atoms with Crippen molar-refractivity contribution >= 4 is 33.2 Å². The Hall–Kier alpha value is -1.03. The van der Waals surface area contributed by atoms with Crippen molar-refractivity contribution in [2.45, 2.75) is 19.5 Å². The zero-order valence-electron chi connectivity index (χ0n) is 11.6. The molecule has 2 aromatic rings. The van der Waals surface area contributed by atoms with Gasteiger partial charge in [0.2, 0.25) is 0 Å². The molecule has 20 heavy (non-hydrogen) atoms. The Kier molecular flexibility index (Phi) is 5.08. The molecule has 2 nitrogen and oxygen atoms in total. The van der Waals surface area contributed by atoms with Gasteiger partial charge in [0.25, 0.3) is 0 Å². The molecule has 0 saturated heterocycles. The van der Waals surface area contributed by atoms with Crippen molar-refractivity contribution in [3.8, 4) is 0 Å². The molecule has 0 saturated carbocycles. The Balaban J connectivity index is 2.16. The number of rotatable bonds is 4. The molecule has 2 aromatic carbocycles. The standard InChI is InChI=1S/C16H18BrClN2/c1-11(19)13-5-8-16(15(18)9-13)20(2)10-12-3-6-14(17)7-4-12/h3-9,11H,10,19H2,1-2H3. The Morgan fingerprint density at radius 2 is 1.85 bits per heavy atom. The van der Waals surface area contributed by atoms with Crippen molar-refractivity contribution in [2.75, 3.05) is 11.9 Å². The number of hydrogen-bond acceptors (Lipinski definition) is 2. The van der Waals surface area contributed by atoms with Crippen LogP contribution in [-0.2, 0) is 6.54 Å². The Morgan fingerprint density at radius 3 is 2.40 bits per heavy atom. The first kappa shape index (κ1) is 15.4. The molecule has 2 N–H and O–H groups in total. The van der Waals surface area contributed by atoms with Crippen molar-refractivity contribution in [1.29, 1.82) is 0 Å². The van der Waals surface area contributed by atoms with Gasteiger partial charge in [-0.3, -0.25) is 0 Å². The van der Waals surface area contributed by atoms with Gasteiger partial charge in [0, 0.05) is 24.1 Å². The average molecular weight is 354 g/mol. The van der Waals surface area contributed by atoms with Crippen LogP contribution >= 0.6 is 27.5 Å². The molecule has 0 spiro atoms. The molecule has 4 heteroatoms. The minimum atomic E-state index is -0.00155. The predicted octanol–water partition coefficient (Wildman–Crippen LogP) is 4.76. The number of hydrogen-bond donors (Lipinski definition) is 1. The second kappa shape index (κ2) is 6.61. The molecule has 0 aliphatic rings. The van der Waals surface area contributed by atoms with Crippen LogP contribution in [0.25, 0.3) is 0 Å². The number of halogens is 2. The van der Waals surface area contributed by atoms with Crippen LogP contribution in [0.4, 0.5) is 5.69 Å². The summed E-state index contributed by atoms with van der Waals surface area (Å²) in [6, 6.07) is 14.3. The van der Waals surface area contributed by atoms with Gasteiger partial charge < -0.3 is 10.6 Å². The SMILES string of the molecule is CC(N)c1ccc(N(C)Cc2ccc(Br)cc2)c(Cl)c1. The maximum atomic E-state index is 6.36. The fourth-order valence-corrected chi connectivity index (χ4v) is 2.66. The first-order valence-electron chi connectivity index (χ1n) is 6.48. The van der Waals surface area contributed by atoms with Crippen molar-refractivity contribution in [1.82, 2.24) is 0 Å². The van der Waals surface area contributed by atoms with E-state index in [1.807, 2.05) is 44.3 Å². The zero-order chi connectivity index (χ0) is 14.7. The maximum absolute atomic E-state index is 6.36. The minimum absolute atomic E-state index is 0.00155. The molecule has 1 unspecified atom stereocenters. The second-order valence-electron chi connectivity index (χ2n) is 4.98. The predicted molar refractivity (Wildman–Crippen MR) is 90.3 cm³/mol. The number of nitrogens with zero attached hydrogens (tertiary/aromatic N) is 1. The third-order valence-electron chi connectivity index (χ3n) is 3.24. The summed E-state index contributed by atoms with van der Waals surface area (Å²) in [7, 11) is 2.04. The van der Waals surface area contributed by atoms with Crippen molar-refractivity contribution in [3.05, 3.63) is 63.1 Å². The van der Waals surface area contributed by atoms with Gasteiger partial charge in [-0.2, -0.15) is 0 Å². The van der Waals surface area contributed by atoms with Gasteiger partial charge in [-0.25, -0.2) is 0 Å². The van der Waals surface area contributed by atoms with E-state index in [1.54, 1.807) is 0 Å². The monoisotopic (exact) mass is 352 g/mol. The van der Waals surface area contributed by atoms with Crippen LogP contribution in [0.1, 0.15) is 24.1 Å². The summed E-state index contributed by atoms with van der Waals surface area (Å²) >= 11 is 9.80. The summed E-state index contributed by atoms with van der Waals surface area (Å²) in [5, 5.41) is 0.736. The number of benzene rings is 2. The van der Waals surface area contributed by atoms with Crippen molar-refractivity contribution in [3.63, 3.8) is 0 Å². The quantitative estimate of drug-likeness (QED) is 0.858. The first-order valence-corrected chi connectivity index (χ1v) is 7.65. The zero-order valence-corrected chi connectivity index (χ0v) is 13.9. The highest BCUT2D eigenvalue weighted by atomic mass is 79.9. The first-order chi connectivity index (χ1) is 9.47. The van der Waals surface area contributed by atoms with Crippen molar-refractivity contribution in [2.24, 2.45) is 5.73 Å². The van der Waals surface area contributed by atoms with E-state index in [1.165, 1.54) is 5.56 Å². The summed E-state index contributed by atoms with van der Waals surface area (Å²) in [5.41, 5.74) is 9.17. The smallest absolute Gasteiger partial charge is 0.0642 e. The Bertz CT molecular complexity index is 582. The average Bonchev–Trinajstić information content (AvgIpc) is 2.41. The fraction of sp³-hybridized carbons (Fsp3) is 0.250. The molecule has 0 radical (unpaired) electrons. The second-order valence-corrected chi connectivity index (χ2v) is 6.30. The van der Waals surface area contributed by atoms with E-state index in [0.29, 0.717) is 0 Å². The molecule has 2 rings (SSSR count). The van der Waals surface area contributed by atoms with Gasteiger partial charge in [0.15, 0.2) is 0 Å². The molecule has 0 aliphatic heterocycles. The van der Waals surface area contributed by atoms with E-state index < -0.39 is 0 Å². The fourth-order valence-electron chi connectivity index (χ4n) is 2.06. The summed E-state index contributed by atoms with van der Waals surface area (Å²) in [4.78, 5) is 2.14. The molecule has 106 valence electrons. The van der Waals surface area contributed by atoms with Gasteiger partial charge in [0.1, 0.15) is 0 Å². The Labute approximate surface area is 133 Å². The van der Waals surface area contributed by atoms with E-state index in [9.17, 15) is 0 Å². The molecule has 0 aromatic heterocycles. The molecule has 0 fully saturated rings. The largest absolute Gasteiger partial charge is 0.369 e. The summed E-state index contributed by atoms with van der Waals surface area (Å²) in [6.07, 6.45) is 0. The third kappa shape index (κ3) is 3.75. The van der Waals surface area contributed by atoms with Gasteiger partial charge in [-0.05, 0) is 42.3 Å². The number of nitrogens with two attached hydrogens (primary N) is 1. The van der Waals surface area contributed by atoms with E-state index in [2.05, 4.69) is 33.0 Å². The minimum Gasteiger partial charge on any atom is -0.369 e. The van der Waals surface area contributed by atoms with E-state index >= 15 is 0 Å². The molecular formula is C16H18BrClN2. The summed E-state index contributed by atoms with van der Waals surface area (Å²) in [6.45, 7) is 2.77. The van der Waals surface area contributed by atoms with Crippen LogP contribution in [0.15, 0.2) is 46.9 Å². The lowest BCUT2D eigenvalue weighted by Gasteiger charge is -2.21. The molecule has 0 aliphatic carbocycles. The highest BCUT2D eigenvalue weighted by Gasteiger charge is 2.09. The lowest BCUT2D eigenvalue weighted by atomic mass is 10.1. The number of anilines is 1. The summed E-state index contributed by atoms with van der Waals surface area (Å²) < 4.78 is 1.09. The highest BCUT2D eigenvalue weighted by molar-refractivity contribution is 9.10. The molecule has 1 atom stereocenters. The molecule has 0 amide bonds. The molecular weight excluding hydrogens is 336 g/mol. The van der Waals surface area contributed by atoms with E-state index in [-0.39, 0.29) is 6.04 Å². The van der Waals surface area contributed by atoms with Crippen LogP contribution < -0.4 is 10.6 Å². The topological polar surface area (TPSA) is 29.3 Å². The maximum Gasteiger partial charge on any atom is 0.0642 e. The molecule has 0 heterocycles. The lowest BCUT2D eigenvalue weighted by molar-refractivity contribution is 0.817. The van der Waals surface area contributed by atoms with Crippen LogP contribution in [0, 0.1) is 0 Å². The Morgan fingerprint density at radius 1 is 1.20 bits per heavy atom. The van der Waals surface area contributed by atoms with E-state index in [0.717, 1.165) is 27.3 Å². The normalized spacial score (nSPS) is 12.2. The highest BCUT2D eigenvalue weighted by Crippen LogP contribution is 2.28. The summed E-state index contributed by atoms with van der Waals surface area (Å²) in [5.74, 6) is 0. The third-order valence-corrected chi connectivity index (χ3v) is 4.07. The van der Waals surface area contributed by atoms with Crippen LogP contribution in [0.2, 0.25) is 5.02 Å². The van der Waals surface area contributed by atoms with Gasteiger partial charge in [-0.15, -0.1) is 0 Å². The molecule has 0 bridgehead atoms. The van der Waals surface area contributed by atoms with Crippen molar-refractivity contribution < 1.29 is 0 Å². The van der Waals surface area contributed by atoms with Gasteiger partial charge in [0.05, 0.1) is 10.7 Å². The van der Waals surface area contributed by atoms with Crippen LogP contribution in [-0.4, -0.2) is 7.05 Å². The van der Waals surface area contributed by atoms with Gasteiger partial charge >= 0.3 is 0 Å². The van der Waals surface area contributed by atoms with Crippen LogP contribution in [0.3, 0.4) is 0 Å².